The van der Waals surface area contributed by atoms with E-state index < -0.39 is 0 Å². The number of carbonyl (C=O) groups excluding carboxylic acids is 1. The van der Waals surface area contributed by atoms with Gasteiger partial charge in [0.2, 0.25) is 5.91 Å². The van der Waals surface area contributed by atoms with E-state index >= 15 is 0 Å². The molecule has 1 heterocycles. The van der Waals surface area contributed by atoms with E-state index in [1.54, 1.807) is 6.92 Å². The second-order valence-electron chi connectivity index (χ2n) is 7.07. The first kappa shape index (κ1) is 17.4. The van der Waals surface area contributed by atoms with Crippen molar-refractivity contribution in [1.29, 1.82) is 0 Å². The summed E-state index contributed by atoms with van der Waals surface area (Å²) in [6, 6.07) is 6.01. The van der Waals surface area contributed by atoms with Crippen LogP contribution in [0.3, 0.4) is 0 Å². The summed E-state index contributed by atoms with van der Waals surface area (Å²) in [5.41, 5.74) is 4.59. The first-order valence-corrected chi connectivity index (χ1v) is 8.87. The fourth-order valence-corrected chi connectivity index (χ4v) is 3.50. The zero-order valence-electron chi connectivity index (χ0n) is 15.3. The number of hydrogen-bond acceptors (Lipinski definition) is 3. The van der Waals surface area contributed by atoms with E-state index in [1.165, 1.54) is 4.57 Å². The van der Waals surface area contributed by atoms with Gasteiger partial charge in [-0.3, -0.25) is 14.2 Å². The number of rotatable bonds is 4. The zero-order chi connectivity index (χ0) is 18.1. The molecule has 1 aliphatic carbocycles. The summed E-state index contributed by atoms with van der Waals surface area (Å²) in [4.78, 5) is 29.8. The van der Waals surface area contributed by atoms with E-state index in [2.05, 4.69) is 24.1 Å². The smallest absolute Gasteiger partial charge is 0.257 e. The standard InChI is InChI=1S/C20H25N3O2/c1-12(2)15-8-5-7-13(3)19(15)22-18(24)11-23-14(4)21-17-10-6-9-16(17)20(23)25/h5,7-8,12H,6,9-11H2,1-4H3,(H,22,24). The Balaban J connectivity index is 1.87. The highest BCUT2D eigenvalue weighted by molar-refractivity contribution is 5.92. The molecule has 0 bridgehead atoms. The largest absolute Gasteiger partial charge is 0.324 e. The van der Waals surface area contributed by atoms with E-state index in [0.717, 1.165) is 47.3 Å². The predicted molar refractivity (Wildman–Crippen MR) is 99.2 cm³/mol. The van der Waals surface area contributed by atoms with Gasteiger partial charge in [0.15, 0.2) is 0 Å². The molecule has 0 fully saturated rings. The third-order valence-corrected chi connectivity index (χ3v) is 4.87. The molecule has 1 aromatic heterocycles. The molecule has 5 heteroatoms. The minimum absolute atomic E-state index is 0.00316. The van der Waals surface area contributed by atoms with Crippen molar-refractivity contribution in [1.82, 2.24) is 9.55 Å². The van der Waals surface area contributed by atoms with E-state index in [4.69, 9.17) is 0 Å². The molecule has 0 atom stereocenters. The second-order valence-corrected chi connectivity index (χ2v) is 7.07. The minimum Gasteiger partial charge on any atom is -0.324 e. The lowest BCUT2D eigenvalue weighted by atomic mass is 9.98. The number of carbonyl (C=O) groups is 1. The number of fused-ring (bicyclic) bond motifs is 1. The highest BCUT2D eigenvalue weighted by Gasteiger charge is 2.21. The lowest BCUT2D eigenvalue weighted by molar-refractivity contribution is -0.116. The molecule has 5 nitrogen and oxygen atoms in total. The van der Waals surface area contributed by atoms with Crippen LogP contribution in [-0.2, 0) is 24.2 Å². The van der Waals surface area contributed by atoms with E-state index in [9.17, 15) is 9.59 Å². The van der Waals surface area contributed by atoms with Crippen LogP contribution in [0.4, 0.5) is 5.69 Å². The molecule has 3 rings (SSSR count). The number of anilines is 1. The molecule has 2 aromatic rings. The van der Waals surface area contributed by atoms with Crippen LogP contribution in [0, 0.1) is 13.8 Å². The van der Waals surface area contributed by atoms with Gasteiger partial charge in [-0.2, -0.15) is 0 Å². The molecule has 0 unspecified atom stereocenters. The average Bonchev–Trinajstić information content (AvgIpc) is 3.01. The average molecular weight is 339 g/mol. The summed E-state index contributed by atoms with van der Waals surface area (Å²) < 4.78 is 1.49. The molecule has 0 radical (unpaired) electrons. The van der Waals surface area contributed by atoms with Crippen molar-refractivity contribution in [3.63, 3.8) is 0 Å². The second kappa shape index (κ2) is 6.82. The van der Waals surface area contributed by atoms with E-state index in [-0.39, 0.29) is 18.0 Å². The fourth-order valence-electron chi connectivity index (χ4n) is 3.50. The number of nitrogens with one attached hydrogen (secondary N) is 1. The maximum absolute atomic E-state index is 12.7. The highest BCUT2D eigenvalue weighted by atomic mass is 16.2. The zero-order valence-corrected chi connectivity index (χ0v) is 15.3. The van der Waals surface area contributed by atoms with Gasteiger partial charge in [-0.05, 0) is 50.2 Å². The monoisotopic (exact) mass is 339 g/mol. The lowest BCUT2D eigenvalue weighted by Crippen LogP contribution is -2.32. The van der Waals surface area contributed by atoms with Crippen LogP contribution in [0.5, 0.6) is 0 Å². The summed E-state index contributed by atoms with van der Waals surface area (Å²) in [5, 5.41) is 3.00. The summed E-state index contributed by atoms with van der Waals surface area (Å²) in [7, 11) is 0. The number of aromatic nitrogens is 2. The molecule has 0 saturated heterocycles. The Morgan fingerprint density at radius 2 is 2.04 bits per heavy atom. The normalized spacial score (nSPS) is 13.2. The third-order valence-electron chi connectivity index (χ3n) is 4.87. The van der Waals surface area contributed by atoms with Gasteiger partial charge in [-0.25, -0.2) is 4.98 Å². The van der Waals surface area contributed by atoms with Crippen LogP contribution < -0.4 is 10.9 Å². The van der Waals surface area contributed by atoms with Gasteiger partial charge >= 0.3 is 0 Å². The van der Waals surface area contributed by atoms with Crippen LogP contribution in [-0.4, -0.2) is 15.5 Å². The van der Waals surface area contributed by atoms with Crippen molar-refractivity contribution in [2.75, 3.05) is 5.32 Å². The first-order chi connectivity index (χ1) is 11.9. The van der Waals surface area contributed by atoms with Gasteiger partial charge < -0.3 is 5.32 Å². The van der Waals surface area contributed by atoms with Crippen molar-refractivity contribution >= 4 is 11.6 Å². The number of amides is 1. The van der Waals surface area contributed by atoms with Crippen molar-refractivity contribution in [3.05, 3.63) is 56.8 Å². The van der Waals surface area contributed by atoms with Crippen molar-refractivity contribution in [2.45, 2.75) is 59.4 Å². The van der Waals surface area contributed by atoms with Gasteiger partial charge in [0.25, 0.3) is 5.56 Å². The number of hydrogen-bond donors (Lipinski definition) is 1. The molecule has 1 aliphatic rings. The molecular formula is C20H25N3O2. The quantitative estimate of drug-likeness (QED) is 0.931. The molecule has 0 aliphatic heterocycles. The number of aryl methyl sites for hydroxylation is 3. The van der Waals surface area contributed by atoms with Gasteiger partial charge in [-0.15, -0.1) is 0 Å². The summed E-state index contributed by atoms with van der Waals surface area (Å²) >= 11 is 0. The van der Waals surface area contributed by atoms with Crippen LogP contribution in [0.1, 0.15) is 54.4 Å². The fraction of sp³-hybridized carbons (Fsp3) is 0.450. The van der Waals surface area contributed by atoms with Crippen LogP contribution in [0.2, 0.25) is 0 Å². The van der Waals surface area contributed by atoms with Crippen molar-refractivity contribution in [2.24, 2.45) is 0 Å². The third kappa shape index (κ3) is 3.36. The SMILES string of the molecule is Cc1cccc(C(C)C)c1NC(=O)Cn1c(C)nc2c(c1=O)CCC2. The Morgan fingerprint density at radius 3 is 2.76 bits per heavy atom. The summed E-state index contributed by atoms with van der Waals surface area (Å²) in [5.74, 6) is 0.720. The van der Waals surface area contributed by atoms with E-state index in [0.29, 0.717) is 11.7 Å². The maximum Gasteiger partial charge on any atom is 0.257 e. The first-order valence-electron chi connectivity index (χ1n) is 8.87. The number of nitrogens with zero attached hydrogens (tertiary/aromatic N) is 2. The molecular weight excluding hydrogens is 314 g/mol. The number of para-hydroxylation sites is 1. The Bertz CT molecular complexity index is 881. The molecule has 0 spiro atoms. The van der Waals surface area contributed by atoms with Crippen molar-refractivity contribution in [3.8, 4) is 0 Å². The molecule has 1 N–H and O–H groups in total. The Morgan fingerprint density at radius 1 is 1.28 bits per heavy atom. The molecule has 1 amide bonds. The lowest BCUT2D eigenvalue weighted by Gasteiger charge is -2.17. The van der Waals surface area contributed by atoms with Gasteiger partial charge in [0.05, 0.1) is 5.69 Å². The Labute approximate surface area is 148 Å². The molecule has 132 valence electrons. The van der Waals surface area contributed by atoms with Gasteiger partial charge in [0.1, 0.15) is 12.4 Å². The van der Waals surface area contributed by atoms with Crippen LogP contribution in [0.25, 0.3) is 0 Å². The molecule has 1 aromatic carbocycles. The predicted octanol–water partition coefficient (Wildman–Crippen LogP) is 3.11. The molecule has 0 saturated carbocycles. The van der Waals surface area contributed by atoms with E-state index in [1.807, 2.05) is 25.1 Å². The number of benzene rings is 1. The Hall–Kier alpha value is -2.43. The molecule has 25 heavy (non-hydrogen) atoms. The Kier molecular flexibility index (Phi) is 4.75. The van der Waals surface area contributed by atoms with Gasteiger partial charge in [-0.1, -0.05) is 32.0 Å². The summed E-state index contributed by atoms with van der Waals surface area (Å²) in [6.45, 7) is 7.97. The maximum atomic E-state index is 12.7. The van der Waals surface area contributed by atoms with Gasteiger partial charge in [0, 0.05) is 11.3 Å². The van der Waals surface area contributed by atoms with Crippen LogP contribution >= 0.6 is 0 Å². The topological polar surface area (TPSA) is 64.0 Å². The van der Waals surface area contributed by atoms with Crippen LogP contribution in [0.15, 0.2) is 23.0 Å². The minimum atomic E-state index is -0.193. The van der Waals surface area contributed by atoms with Crippen molar-refractivity contribution < 1.29 is 4.79 Å². The highest BCUT2D eigenvalue weighted by Crippen LogP contribution is 2.27. The summed E-state index contributed by atoms with van der Waals surface area (Å²) in [6.07, 6.45) is 2.59.